The summed E-state index contributed by atoms with van der Waals surface area (Å²) in [6.45, 7) is 4.61. The first kappa shape index (κ1) is 13.9. The van der Waals surface area contributed by atoms with E-state index in [0.717, 1.165) is 6.42 Å². The van der Waals surface area contributed by atoms with E-state index in [1.54, 1.807) is 0 Å². The molecular formula is C11H18N2O3S2. The minimum atomic E-state index is -2.91. The third-order valence-corrected chi connectivity index (χ3v) is 6.45. The Kier molecular flexibility index (Phi) is 4.01. The normalized spacial score (nSPS) is 31.9. The van der Waals surface area contributed by atoms with E-state index in [-0.39, 0.29) is 28.7 Å². The summed E-state index contributed by atoms with van der Waals surface area (Å²) in [5, 5.41) is 0.754. The number of amidine groups is 1. The van der Waals surface area contributed by atoms with Gasteiger partial charge >= 0.3 is 0 Å². The highest BCUT2D eigenvalue weighted by atomic mass is 32.2. The number of sulfone groups is 1. The van der Waals surface area contributed by atoms with Gasteiger partial charge in [-0.15, -0.1) is 0 Å². The van der Waals surface area contributed by atoms with E-state index in [9.17, 15) is 13.2 Å². The van der Waals surface area contributed by atoms with Crippen molar-refractivity contribution in [2.24, 2.45) is 4.99 Å². The Morgan fingerprint density at radius 3 is 2.78 bits per heavy atom. The lowest BCUT2D eigenvalue weighted by Gasteiger charge is -2.22. The molecule has 5 nitrogen and oxygen atoms in total. The average molecular weight is 290 g/mol. The largest absolute Gasteiger partial charge is 0.346 e. The maximum Gasteiger partial charge on any atom is 0.248 e. The Balaban J connectivity index is 2.16. The predicted molar refractivity (Wildman–Crippen MR) is 73.6 cm³/mol. The van der Waals surface area contributed by atoms with Gasteiger partial charge in [0.15, 0.2) is 15.0 Å². The van der Waals surface area contributed by atoms with Gasteiger partial charge in [-0.05, 0) is 13.3 Å². The number of fused-ring (bicyclic) bond motifs is 1. The van der Waals surface area contributed by atoms with E-state index in [1.165, 1.54) is 11.8 Å². The Bertz CT molecular complexity index is 473. The Morgan fingerprint density at radius 2 is 2.17 bits per heavy atom. The molecule has 0 aromatic heterocycles. The van der Waals surface area contributed by atoms with Crippen molar-refractivity contribution in [3.63, 3.8) is 0 Å². The fraction of sp³-hybridized carbons (Fsp3) is 0.818. The molecule has 102 valence electrons. The highest BCUT2D eigenvalue weighted by Crippen LogP contribution is 2.37. The van der Waals surface area contributed by atoms with E-state index in [0.29, 0.717) is 18.1 Å². The van der Waals surface area contributed by atoms with Crippen LogP contribution in [0.15, 0.2) is 4.99 Å². The highest BCUT2D eigenvalue weighted by molar-refractivity contribution is 8.15. The Morgan fingerprint density at radius 1 is 1.44 bits per heavy atom. The van der Waals surface area contributed by atoms with Crippen LogP contribution < -0.4 is 0 Å². The number of amides is 1. The van der Waals surface area contributed by atoms with Crippen molar-refractivity contribution >= 4 is 32.7 Å². The number of carbonyl (C=O) groups excluding carboxylic acids is 1. The van der Waals surface area contributed by atoms with E-state index >= 15 is 0 Å². The van der Waals surface area contributed by atoms with Crippen LogP contribution in [0.4, 0.5) is 0 Å². The van der Waals surface area contributed by atoms with Crippen LogP contribution in [-0.4, -0.2) is 53.7 Å². The third kappa shape index (κ3) is 2.71. The standard InChI is InChI=1S/C11H18N2O3S2/c1-3-5-10(14)12-11-13(4-2)8-6-18(15,16)7-9(8)17-11/h8-9H,3-7H2,1-2H3. The number of carbonyl (C=O) groups is 1. The first-order valence-corrected chi connectivity index (χ1v) is 8.92. The van der Waals surface area contributed by atoms with Gasteiger partial charge < -0.3 is 4.90 Å². The summed E-state index contributed by atoms with van der Waals surface area (Å²) in [4.78, 5) is 17.6. The van der Waals surface area contributed by atoms with Crippen LogP contribution in [0.2, 0.25) is 0 Å². The minimum absolute atomic E-state index is 0.00169. The van der Waals surface area contributed by atoms with Crippen LogP contribution >= 0.6 is 11.8 Å². The molecule has 0 N–H and O–H groups in total. The number of thioether (sulfide) groups is 1. The maximum absolute atomic E-state index is 11.6. The van der Waals surface area contributed by atoms with Crippen molar-refractivity contribution in [3.8, 4) is 0 Å². The van der Waals surface area contributed by atoms with E-state index < -0.39 is 9.84 Å². The number of rotatable bonds is 3. The van der Waals surface area contributed by atoms with Gasteiger partial charge in [-0.1, -0.05) is 18.7 Å². The van der Waals surface area contributed by atoms with Crippen molar-refractivity contribution in [2.45, 2.75) is 38.0 Å². The number of hydrogen-bond acceptors (Lipinski definition) is 4. The van der Waals surface area contributed by atoms with Crippen molar-refractivity contribution in [1.82, 2.24) is 4.90 Å². The number of aliphatic imine (C=N–C) groups is 1. The third-order valence-electron chi connectivity index (χ3n) is 3.20. The molecular weight excluding hydrogens is 272 g/mol. The van der Waals surface area contributed by atoms with Crippen molar-refractivity contribution < 1.29 is 13.2 Å². The van der Waals surface area contributed by atoms with Crippen molar-refractivity contribution in [1.29, 1.82) is 0 Å². The molecule has 0 spiro atoms. The maximum atomic E-state index is 11.6. The monoisotopic (exact) mass is 290 g/mol. The molecule has 7 heteroatoms. The van der Waals surface area contributed by atoms with E-state index in [4.69, 9.17) is 0 Å². The summed E-state index contributed by atoms with van der Waals surface area (Å²) >= 11 is 1.45. The van der Waals surface area contributed by atoms with Crippen LogP contribution in [0, 0.1) is 0 Å². The average Bonchev–Trinajstić information content (AvgIpc) is 2.69. The van der Waals surface area contributed by atoms with E-state index in [1.807, 2.05) is 18.7 Å². The molecule has 0 aliphatic carbocycles. The zero-order chi connectivity index (χ0) is 13.3. The molecule has 2 fully saturated rings. The summed E-state index contributed by atoms with van der Waals surface area (Å²) in [5.74, 6) is 0.292. The Labute approximate surface area is 112 Å². The zero-order valence-electron chi connectivity index (χ0n) is 10.6. The fourth-order valence-corrected chi connectivity index (χ4v) is 6.41. The van der Waals surface area contributed by atoms with Crippen LogP contribution in [-0.2, 0) is 14.6 Å². The predicted octanol–water partition coefficient (Wildman–Crippen LogP) is 0.903. The van der Waals surface area contributed by atoms with Crippen LogP contribution in [0.25, 0.3) is 0 Å². The molecule has 2 aliphatic heterocycles. The SMILES string of the molecule is CCCC(=O)N=C1SC2CS(=O)(=O)CC2N1CC. The molecule has 2 atom stereocenters. The van der Waals surface area contributed by atoms with Crippen molar-refractivity contribution in [2.75, 3.05) is 18.1 Å². The fourth-order valence-electron chi connectivity index (χ4n) is 2.38. The molecule has 2 unspecified atom stereocenters. The lowest BCUT2D eigenvalue weighted by atomic mass is 10.2. The quantitative estimate of drug-likeness (QED) is 0.772. The van der Waals surface area contributed by atoms with Gasteiger partial charge in [0.1, 0.15) is 0 Å². The Hall–Kier alpha value is -0.560. The van der Waals surface area contributed by atoms with Crippen LogP contribution in [0.5, 0.6) is 0 Å². The topological polar surface area (TPSA) is 66.8 Å². The second-order valence-corrected chi connectivity index (χ2v) is 7.98. The first-order valence-electron chi connectivity index (χ1n) is 6.22. The summed E-state index contributed by atoms with van der Waals surface area (Å²) in [6, 6.07) is -0.00169. The number of hydrogen-bond donors (Lipinski definition) is 0. The molecule has 18 heavy (non-hydrogen) atoms. The molecule has 0 aromatic carbocycles. The molecule has 2 rings (SSSR count). The van der Waals surface area contributed by atoms with Gasteiger partial charge in [-0.25, -0.2) is 8.42 Å². The molecule has 2 heterocycles. The summed E-state index contributed by atoms with van der Waals surface area (Å²) in [6.07, 6.45) is 1.24. The highest BCUT2D eigenvalue weighted by Gasteiger charge is 2.48. The summed E-state index contributed by atoms with van der Waals surface area (Å²) in [7, 11) is -2.91. The minimum Gasteiger partial charge on any atom is -0.346 e. The van der Waals surface area contributed by atoms with Gasteiger partial charge in [-0.3, -0.25) is 4.79 Å². The van der Waals surface area contributed by atoms with E-state index in [2.05, 4.69) is 4.99 Å². The van der Waals surface area contributed by atoms with Gasteiger partial charge in [0.05, 0.1) is 17.5 Å². The second kappa shape index (κ2) is 5.21. The lowest BCUT2D eigenvalue weighted by molar-refractivity contribution is -0.117. The number of nitrogens with zero attached hydrogens (tertiary/aromatic N) is 2. The van der Waals surface area contributed by atoms with Gasteiger partial charge in [0.25, 0.3) is 0 Å². The van der Waals surface area contributed by atoms with Crippen LogP contribution in [0.1, 0.15) is 26.7 Å². The molecule has 0 radical (unpaired) electrons. The van der Waals surface area contributed by atoms with Crippen LogP contribution in [0.3, 0.4) is 0 Å². The zero-order valence-corrected chi connectivity index (χ0v) is 12.3. The summed E-state index contributed by atoms with van der Waals surface area (Å²) < 4.78 is 23.2. The molecule has 2 aliphatic rings. The molecule has 0 saturated carbocycles. The first-order chi connectivity index (χ1) is 8.46. The molecule has 0 aromatic rings. The van der Waals surface area contributed by atoms with Gasteiger partial charge in [0.2, 0.25) is 5.91 Å². The van der Waals surface area contributed by atoms with Gasteiger partial charge in [-0.2, -0.15) is 4.99 Å². The van der Waals surface area contributed by atoms with Gasteiger partial charge in [0, 0.05) is 18.2 Å². The smallest absolute Gasteiger partial charge is 0.248 e. The summed E-state index contributed by atoms with van der Waals surface area (Å²) in [5.41, 5.74) is 0. The second-order valence-electron chi connectivity index (χ2n) is 4.62. The van der Waals surface area contributed by atoms with Crippen molar-refractivity contribution in [3.05, 3.63) is 0 Å². The molecule has 0 bridgehead atoms. The molecule has 2 saturated heterocycles. The molecule has 1 amide bonds. The lowest BCUT2D eigenvalue weighted by Crippen LogP contribution is -2.37.